The molecule has 0 spiro atoms. The molecule has 3 nitrogen and oxygen atoms in total. The van der Waals surface area contributed by atoms with E-state index in [-0.39, 0.29) is 18.1 Å². The quantitative estimate of drug-likeness (QED) is 0.768. The lowest BCUT2D eigenvalue weighted by Crippen LogP contribution is -2.28. The van der Waals surface area contributed by atoms with Gasteiger partial charge in [0.05, 0.1) is 0 Å². The van der Waals surface area contributed by atoms with E-state index in [1.807, 2.05) is 37.3 Å². The number of hydrogen-bond acceptors (Lipinski definition) is 3. The van der Waals surface area contributed by atoms with E-state index in [9.17, 15) is 4.79 Å². The first kappa shape index (κ1) is 11.7. The van der Waals surface area contributed by atoms with E-state index < -0.39 is 0 Å². The largest absolute Gasteiger partial charge is 0.456 e. The van der Waals surface area contributed by atoms with Gasteiger partial charge in [-0.3, -0.25) is 4.79 Å². The van der Waals surface area contributed by atoms with Crippen LogP contribution in [-0.2, 0) is 9.53 Å². The lowest BCUT2D eigenvalue weighted by Gasteiger charge is -2.21. The fraction of sp³-hybridized carbons (Fsp3) is 0.417. The fourth-order valence-corrected chi connectivity index (χ4v) is 1.35. The zero-order valence-corrected chi connectivity index (χ0v) is 9.14. The first-order chi connectivity index (χ1) is 7.15. The Hall–Kier alpha value is -1.35. The van der Waals surface area contributed by atoms with Crippen LogP contribution in [0.25, 0.3) is 0 Å². The Kier molecular flexibility index (Phi) is 4.31. The summed E-state index contributed by atoms with van der Waals surface area (Å²) in [6.07, 6.45) is 0.0226. The van der Waals surface area contributed by atoms with Crippen LogP contribution in [0.2, 0.25) is 0 Å². The molecule has 0 fully saturated rings. The number of rotatable bonds is 4. The predicted molar refractivity (Wildman–Crippen MR) is 59.2 cm³/mol. The molecule has 1 rings (SSSR count). The topological polar surface area (TPSA) is 52.3 Å². The summed E-state index contributed by atoms with van der Waals surface area (Å²) in [7, 11) is 0. The summed E-state index contributed by atoms with van der Waals surface area (Å²) in [5.74, 6) is -0.221. The van der Waals surface area contributed by atoms with Gasteiger partial charge in [0.1, 0.15) is 6.10 Å². The van der Waals surface area contributed by atoms with Crippen LogP contribution in [0.3, 0.4) is 0 Å². The van der Waals surface area contributed by atoms with E-state index >= 15 is 0 Å². The van der Waals surface area contributed by atoms with Gasteiger partial charge in [0.25, 0.3) is 0 Å². The molecule has 15 heavy (non-hydrogen) atoms. The van der Waals surface area contributed by atoms with Crippen LogP contribution < -0.4 is 5.73 Å². The zero-order valence-electron chi connectivity index (χ0n) is 9.14. The van der Waals surface area contributed by atoms with Gasteiger partial charge < -0.3 is 10.5 Å². The number of carbonyl (C=O) groups is 1. The Balaban J connectivity index is 2.79. The first-order valence-electron chi connectivity index (χ1n) is 5.15. The number of esters is 1. The SMILES string of the molecule is CCC(=O)O[C@@H](c1ccccc1)C(C)N. The minimum atomic E-state index is -0.348. The van der Waals surface area contributed by atoms with Crippen LogP contribution in [0.1, 0.15) is 31.9 Å². The van der Waals surface area contributed by atoms with Crippen LogP contribution in [0.15, 0.2) is 30.3 Å². The minimum Gasteiger partial charge on any atom is -0.456 e. The van der Waals surface area contributed by atoms with Gasteiger partial charge in [-0.25, -0.2) is 0 Å². The Labute approximate surface area is 90.2 Å². The summed E-state index contributed by atoms with van der Waals surface area (Å²) in [5, 5.41) is 0. The molecule has 1 unspecified atom stereocenters. The number of nitrogens with two attached hydrogens (primary N) is 1. The summed E-state index contributed by atoms with van der Waals surface area (Å²) in [4.78, 5) is 11.2. The van der Waals surface area contributed by atoms with Gasteiger partial charge in [-0.15, -0.1) is 0 Å². The van der Waals surface area contributed by atoms with Crippen molar-refractivity contribution in [3.8, 4) is 0 Å². The maximum atomic E-state index is 11.2. The third-order valence-electron chi connectivity index (χ3n) is 2.15. The minimum absolute atomic E-state index is 0.206. The monoisotopic (exact) mass is 207 g/mol. The van der Waals surface area contributed by atoms with Gasteiger partial charge in [-0.05, 0) is 12.5 Å². The average Bonchev–Trinajstić information content (AvgIpc) is 2.26. The molecule has 0 aliphatic rings. The number of benzene rings is 1. The zero-order chi connectivity index (χ0) is 11.3. The molecular weight excluding hydrogens is 190 g/mol. The van der Waals surface area contributed by atoms with Crippen molar-refractivity contribution in [1.82, 2.24) is 0 Å². The summed E-state index contributed by atoms with van der Waals surface area (Å²) in [6, 6.07) is 9.36. The molecule has 0 radical (unpaired) electrons. The summed E-state index contributed by atoms with van der Waals surface area (Å²) < 4.78 is 5.28. The van der Waals surface area contributed by atoms with Crippen molar-refractivity contribution in [2.45, 2.75) is 32.4 Å². The van der Waals surface area contributed by atoms with Crippen molar-refractivity contribution in [2.75, 3.05) is 0 Å². The second-order valence-electron chi connectivity index (χ2n) is 3.53. The van der Waals surface area contributed by atoms with E-state index in [0.717, 1.165) is 5.56 Å². The molecule has 1 aromatic rings. The van der Waals surface area contributed by atoms with Crippen LogP contribution in [0.5, 0.6) is 0 Å². The molecule has 0 saturated heterocycles. The molecule has 0 aliphatic carbocycles. The smallest absolute Gasteiger partial charge is 0.306 e. The van der Waals surface area contributed by atoms with Gasteiger partial charge in [-0.2, -0.15) is 0 Å². The van der Waals surface area contributed by atoms with E-state index in [2.05, 4.69) is 0 Å². The third kappa shape index (κ3) is 3.36. The van der Waals surface area contributed by atoms with Gasteiger partial charge in [0, 0.05) is 12.5 Å². The lowest BCUT2D eigenvalue weighted by molar-refractivity contribution is -0.150. The third-order valence-corrected chi connectivity index (χ3v) is 2.15. The average molecular weight is 207 g/mol. The van der Waals surface area contributed by atoms with Gasteiger partial charge >= 0.3 is 5.97 Å². The Bertz CT molecular complexity index is 309. The van der Waals surface area contributed by atoms with Gasteiger partial charge in [0.15, 0.2) is 0 Å². The Morgan fingerprint density at radius 2 is 2.00 bits per heavy atom. The van der Waals surface area contributed by atoms with Crippen molar-refractivity contribution in [2.24, 2.45) is 5.73 Å². The number of hydrogen-bond donors (Lipinski definition) is 1. The normalized spacial score (nSPS) is 14.3. The second kappa shape index (κ2) is 5.51. The number of ether oxygens (including phenoxy) is 1. The number of carbonyl (C=O) groups excluding carboxylic acids is 1. The van der Waals surface area contributed by atoms with Gasteiger partial charge in [-0.1, -0.05) is 37.3 Å². The predicted octanol–water partition coefficient (Wildman–Crippen LogP) is 2.03. The fourth-order valence-electron chi connectivity index (χ4n) is 1.35. The van der Waals surface area contributed by atoms with E-state index in [0.29, 0.717) is 6.42 Å². The standard InChI is InChI=1S/C12H17NO2/c1-3-11(14)15-12(9(2)13)10-7-5-4-6-8-10/h4-9,12H,3,13H2,1-2H3/t9?,12-/m1/s1. The molecule has 0 amide bonds. The maximum absolute atomic E-state index is 11.2. The highest BCUT2D eigenvalue weighted by atomic mass is 16.5. The van der Waals surface area contributed by atoms with Crippen molar-refractivity contribution >= 4 is 5.97 Å². The summed E-state index contributed by atoms with van der Waals surface area (Å²) in [6.45, 7) is 3.60. The molecule has 1 aromatic carbocycles. The Morgan fingerprint density at radius 1 is 1.40 bits per heavy atom. The highest BCUT2D eigenvalue weighted by Crippen LogP contribution is 2.20. The van der Waals surface area contributed by atoms with Crippen LogP contribution in [-0.4, -0.2) is 12.0 Å². The van der Waals surface area contributed by atoms with Crippen LogP contribution >= 0.6 is 0 Å². The van der Waals surface area contributed by atoms with Crippen molar-refractivity contribution in [1.29, 1.82) is 0 Å². The molecule has 0 aliphatic heterocycles. The van der Waals surface area contributed by atoms with Crippen LogP contribution in [0, 0.1) is 0 Å². The van der Waals surface area contributed by atoms with Gasteiger partial charge in [0.2, 0.25) is 0 Å². The molecular formula is C12H17NO2. The Morgan fingerprint density at radius 3 is 2.47 bits per heavy atom. The maximum Gasteiger partial charge on any atom is 0.306 e. The van der Waals surface area contributed by atoms with E-state index in [1.165, 1.54) is 0 Å². The lowest BCUT2D eigenvalue weighted by atomic mass is 10.0. The summed E-state index contributed by atoms with van der Waals surface area (Å²) in [5.41, 5.74) is 6.73. The molecule has 0 saturated carbocycles. The molecule has 2 N–H and O–H groups in total. The molecule has 82 valence electrons. The van der Waals surface area contributed by atoms with Crippen LogP contribution in [0.4, 0.5) is 0 Å². The molecule has 0 heterocycles. The second-order valence-corrected chi connectivity index (χ2v) is 3.53. The molecule has 0 aromatic heterocycles. The van der Waals surface area contributed by atoms with Crippen molar-refractivity contribution in [3.63, 3.8) is 0 Å². The highest BCUT2D eigenvalue weighted by Gasteiger charge is 2.19. The van der Waals surface area contributed by atoms with Crippen molar-refractivity contribution < 1.29 is 9.53 Å². The first-order valence-corrected chi connectivity index (χ1v) is 5.15. The molecule has 3 heteroatoms. The van der Waals surface area contributed by atoms with E-state index in [1.54, 1.807) is 6.92 Å². The summed E-state index contributed by atoms with van der Waals surface area (Å²) >= 11 is 0. The van der Waals surface area contributed by atoms with E-state index in [4.69, 9.17) is 10.5 Å². The highest BCUT2D eigenvalue weighted by molar-refractivity contribution is 5.69. The van der Waals surface area contributed by atoms with Crippen molar-refractivity contribution in [3.05, 3.63) is 35.9 Å². The molecule has 2 atom stereocenters. The molecule has 0 bridgehead atoms.